The Morgan fingerprint density at radius 2 is 1.62 bits per heavy atom. The van der Waals surface area contributed by atoms with E-state index in [0.29, 0.717) is 50.8 Å². The average molecular weight is 621 g/mol. The SMILES string of the molecule is NCCCCC(NC(=O)OCc1ccccc1)C(=O)NC12CC3CC(C1)CC(N(CC(=O)O)C(=O)COc1ccccc1)(C3)C2. The molecule has 0 spiro atoms. The molecule has 242 valence electrons. The number of para-hydroxylation sites is 1. The number of hydrogen-bond donors (Lipinski definition) is 4. The molecular formula is C34H44N4O7. The predicted octanol–water partition coefficient (Wildman–Crippen LogP) is 3.61. The molecule has 0 heterocycles. The molecule has 4 aliphatic rings. The number of rotatable bonds is 15. The lowest BCUT2D eigenvalue weighted by Crippen LogP contribution is -2.72. The number of benzene rings is 2. The van der Waals surface area contributed by atoms with Crippen molar-refractivity contribution >= 4 is 23.9 Å². The van der Waals surface area contributed by atoms with Crippen LogP contribution >= 0.6 is 0 Å². The Balaban J connectivity index is 1.30. The minimum absolute atomic E-state index is 0.0844. The first-order valence-corrected chi connectivity index (χ1v) is 15.9. The second-order valence-corrected chi connectivity index (χ2v) is 13.0. The maximum Gasteiger partial charge on any atom is 0.408 e. The lowest BCUT2D eigenvalue weighted by atomic mass is 9.49. The van der Waals surface area contributed by atoms with Gasteiger partial charge in [-0.1, -0.05) is 48.5 Å². The second kappa shape index (κ2) is 14.3. The summed E-state index contributed by atoms with van der Waals surface area (Å²) in [6.07, 6.45) is 5.41. The van der Waals surface area contributed by atoms with Gasteiger partial charge in [-0.05, 0) is 93.9 Å². The fraction of sp³-hybridized carbons (Fsp3) is 0.529. The molecule has 6 rings (SSSR count). The van der Waals surface area contributed by atoms with Crippen LogP contribution in [0.4, 0.5) is 4.79 Å². The van der Waals surface area contributed by atoms with Gasteiger partial charge in [-0.2, -0.15) is 0 Å². The highest BCUT2D eigenvalue weighted by atomic mass is 16.5. The summed E-state index contributed by atoms with van der Waals surface area (Å²) < 4.78 is 11.1. The van der Waals surface area contributed by atoms with Gasteiger partial charge in [-0.3, -0.25) is 14.4 Å². The summed E-state index contributed by atoms with van der Waals surface area (Å²) in [7, 11) is 0. The van der Waals surface area contributed by atoms with Crippen LogP contribution in [0.2, 0.25) is 0 Å². The highest BCUT2D eigenvalue weighted by Gasteiger charge is 2.61. The third-order valence-electron chi connectivity index (χ3n) is 9.46. The number of alkyl carbamates (subject to hydrolysis) is 1. The van der Waals surface area contributed by atoms with Gasteiger partial charge < -0.3 is 35.8 Å². The van der Waals surface area contributed by atoms with Crippen LogP contribution in [0.15, 0.2) is 60.7 Å². The molecule has 3 atom stereocenters. The zero-order valence-corrected chi connectivity index (χ0v) is 25.6. The summed E-state index contributed by atoms with van der Waals surface area (Å²) in [6.45, 7) is -0.145. The standard InChI is InChI=1S/C34H44N4O7/c35-14-8-7-13-28(36-32(43)45-21-24-9-3-1-4-10-24)31(42)37-33-16-25-15-26(17-33)19-34(18-25,23-33)38(20-30(40)41)29(39)22-44-27-11-5-2-6-12-27/h1-6,9-12,25-26,28H,7-8,13-23,35H2,(H,36,43)(H,37,42)(H,40,41). The fourth-order valence-electron chi connectivity index (χ4n) is 8.09. The Labute approximate surface area is 263 Å². The summed E-state index contributed by atoms with van der Waals surface area (Å²) in [6, 6.07) is 17.5. The molecule has 0 radical (unpaired) electrons. The van der Waals surface area contributed by atoms with Crippen molar-refractivity contribution in [3.63, 3.8) is 0 Å². The van der Waals surface area contributed by atoms with Crippen molar-refractivity contribution in [1.82, 2.24) is 15.5 Å². The molecule has 2 aromatic rings. The number of nitrogens with two attached hydrogens (primary N) is 1. The number of nitrogens with zero attached hydrogens (tertiary/aromatic N) is 1. The molecule has 0 saturated heterocycles. The smallest absolute Gasteiger partial charge is 0.408 e. The molecule has 0 aromatic heterocycles. The fourth-order valence-corrected chi connectivity index (χ4v) is 8.09. The van der Waals surface area contributed by atoms with E-state index >= 15 is 0 Å². The quantitative estimate of drug-likeness (QED) is 0.220. The molecule has 11 nitrogen and oxygen atoms in total. The van der Waals surface area contributed by atoms with Gasteiger partial charge in [-0.15, -0.1) is 0 Å². The molecule has 11 heteroatoms. The number of carboxylic acids is 1. The number of ether oxygens (including phenoxy) is 2. The number of carbonyl (C=O) groups is 4. The van der Waals surface area contributed by atoms with E-state index < -0.39 is 35.7 Å². The Bertz CT molecular complexity index is 1320. The number of amides is 3. The second-order valence-electron chi connectivity index (χ2n) is 13.0. The van der Waals surface area contributed by atoms with Gasteiger partial charge in [0.05, 0.1) is 0 Å². The highest BCUT2D eigenvalue weighted by Crippen LogP contribution is 2.59. The van der Waals surface area contributed by atoms with Crippen LogP contribution in [-0.4, -0.2) is 70.7 Å². The number of unbranched alkanes of at least 4 members (excludes halogenated alkanes) is 1. The van der Waals surface area contributed by atoms with Gasteiger partial charge >= 0.3 is 12.1 Å². The first-order valence-electron chi connectivity index (χ1n) is 15.9. The van der Waals surface area contributed by atoms with E-state index in [9.17, 15) is 24.3 Å². The van der Waals surface area contributed by atoms with E-state index in [4.69, 9.17) is 15.2 Å². The molecule has 4 bridgehead atoms. The third kappa shape index (κ3) is 8.13. The van der Waals surface area contributed by atoms with Crippen molar-refractivity contribution < 1.29 is 33.8 Å². The maximum atomic E-state index is 13.9. The molecule has 4 saturated carbocycles. The third-order valence-corrected chi connectivity index (χ3v) is 9.46. The van der Waals surface area contributed by atoms with Gasteiger partial charge in [0.25, 0.3) is 5.91 Å². The monoisotopic (exact) mass is 620 g/mol. The van der Waals surface area contributed by atoms with Crippen molar-refractivity contribution in [2.75, 3.05) is 19.7 Å². The van der Waals surface area contributed by atoms with Crippen molar-refractivity contribution in [2.45, 2.75) is 81.5 Å². The van der Waals surface area contributed by atoms with E-state index in [0.717, 1.165) is 24.8 Å². The Morgan fingerprint density at radius 1 is 0.956 bits per heavy atom. The molecule has 0 aliphatic heterocycles. The summed E-state index contributed by atoms with van der Waals surface area (Å²) in [5.74, 6) is -0.757. The first-order chi connectivity index (χ1) is 21.7. The van der Waals surface area contributed by atoms with Gasteiger partial charge in [0, 0.05) is 11.1 Å². The van der Waals surface area contributed by atoms with Crippen LogP contribution < -0.4 is 21.1 Å². The largest absolute Gasteiger partial charge is 0.484 e. The first kappa shape index (κ1) is 32.3. The molecule has 4 aliphatic carbocycles. The number of nitrogens with one attached hydrogen (secondary N) is 2. The maximum absolute atomic E-state index is 13.9. The minimum atomic E-state index is -1.09. The van der Waals surface area contributed by atoms with Crippen molar-refractivity contribution in [2.24, 2.45) is 17.6 Å². The highest BCUT2D eigenvalue weighted by molar-refractivity contribution is 5.86. The van der Waals surface area contributed by atoms with Crippen molar-refractivity contribution in [3.05, 3.63) is 66.2 Å². The van der Waals surface area contributed by atoms with Crippen LogP contribution in [0.1, 0.15) is 63.4 Å². The van der Waals surface area contributed by atoms with Crippen LogP contribution in [0.5, 0.6) is 5.75 Å². The van der Waals surface area contributed by atoms with E-state index in [-0.39, 0.29) is 36.9 Å². The van der Waals surface area contributed by atoms with Crippen molar-refractivity contribution in [3.8, 4) is 5.75 Å². The lowest BCUT2D eigenvalue weighted by molar-refractivity contribution is -0.166. The summed E-state index contributed by atoms with van der Waals surface area (Å²) in [4.78, 5) is 53.8. The number of carbonyl (C=O) groups excluding carboxylic acids is 3. The molecule has 3 amide bonds. The number of aliphatic carboxylic acids is 1. The van der Waals surface area contributed by atoms with Gasteiger partial charge in [0.2, 0.25) is 5.91 Å². The van der Waals surface area contributed by atoms with Crippen LogP contribution in [0.3, 0.4) is 0 Å². The Hall–Kier alpha value is -4.12. The summed E-state index contributed by atoms with van der Waals surface area (Å²) >= 11 is 0. The van der Waals surface area contributed by atoms with E-state index in [1.807, 2.05) is 48.5 Å². The zero-order chi connectivity index (χ0) is 31.9. The molecule has 45 heavy (non-hydrogen) atoms. The Kier molecular flexibility index (Phi) is 10.3. The average Bonchev–Trinajstić information content (AvgIpc) is 3.01. The Morgan fingerprint density at radius 3 is 2.27 bits per heavy atom. The number of hydrogen-bond acceptors (Lipinski definition) is 7. The summed E-state index contributed by atoms with van der Waals surface area (Å²) in [5.41, 5.74) is 5.22. The molecule has 3 unspecified atom stereocenters. The molecule has 4 fully saturated rings. The number of carboxylic acid groups (broad SMARTS) is 1. The van der Waals surface area contributed by atoms with Gasteiger partial charge in [0.1, 0.15) is 24.9 Å². The predicted molar refractivity (Wildman–Crippen MR) is 166 cm³/mol. The topological polar surface area (TPSA) is 160 Å². The minimum Gasteiger partial charge on any atom is -0.484 e. The lowest BCUT2D eigenvalue weighted by Gasteiger charge is -2.64. The van der Waals surface area contributed by atoms with Crippen molar-refractivity contribution in [1.29, 1.82) is 0 Å². The molecule has 5 N–H and O–H groups in total. The van der Waals surface area contributed by atoms with Crippen LogP contribution in [0.25, 0.3) is 0 Å². The van der Waals surface area contributed by atoms with E-state index in [1.165, 1.54) is 4.90 Å². The van der Waals surface area contributed by atoms with Crippen LogP contribution in [-0.2, 0) is 25.7 Å². The normalized spacial score (nSPS) is 25.2. The van der Waals surface area contributed by atoms with Gasteiger partial charge in [-0.25, -0.2) is 4.79 Å². The van der Waals surface area contributed by atoms with Crippen LogP contribution in [0, 0.1) is 11.8 Å². The summed E-state index contributed by atoms with van der Waals surface area (Å²) in [5, 5.41) is 15.9. The van der Waals surface area contributed by atoms with Gasteiger partial charge in [0.15, 0.2) is 6.61 Å². The van der Waals surface area contributed by atoms with E-state index in [2.05, 4.69) is 10.6 Å². The molecular weight excluding hydrogens is 576 g/mol. The zero-order valence-electron chi connectivity index (χ0n) is 25.6. The molecule has 2 aromatic carbocycles. The van der Waals surface area contributed by atoms with E-state index in [1.54, 1.807) is 12.1 Å².